The third-order valence-electron chi connectivity index (χ3n) is 2.58. The number of carbonyl (C=O) groups is 2. The fraction of sp³-hybridized carbons (Fsp3) is 0.500. The zero-order valence-electron chi connectivity index (χ0n) is 9.56. The third-order valence-corrected chi connectivity index (χ3v) is 2.58. The number of nitrogen functional groups attached to an aromatic ring is 1. The quantitative estimate of drug-likeness (QED) is 0.625. The molecule has 1 heterocycles. The summed E-state index contributed by atoms with van der Waals surface area (Å²) in [7, 11) is 1.64. The fourth-order valence-corrected chi connectivity index (χ4v) is 1.38. The van der Waals surface area contributed by atoms with Crippen molar-refractivity contribution >= 4 is 17.6 Å². The molecule has 2 rings (SSSR count). The normalized spacial score (nSPS) is 14.4. The highest BCUT2D eigenvalue weighted by molar-refractivity contribution is 5.99. The smallest absolute Gasteiger partial charge is 0.257 e. The van der Waals surface area contributed by atoms with E-state index in [0.29, 0.717) is 6.04 Å². The molecule has 4 N–H and O–H groups in total. The van der Waals surface area contributed by atoms with Crippen LogP contribution in [0.4, 0.5) is 5.82 Å². The second-order valence-corrected chi connectivity index (χ2v) is 4.09. The monoisotopic (exact) mass is 237 g/mol. The molecule has 0 aliphatic heterocycles. The van der Waals surface area contributed by atoms with Crippen molar-refractivity contribution in [1.29, 1.82) is 0 Å². The van der Waals surface area contributed by atoms with Crippen molar-refractivity contribution in [2.45, 2.75) is 18.9 Å². The van der Waals surface area contributed by atoms with Gasteiger partial charge in [0.25, 0.3) is 5.91 Å². The highest BCUT2D eigenvalue weighted by Gasteiger charge is 2.23. The molecule has 1 aromatic heterocycles. The van der Waals surface area contributed by atoms with Gasteiger partial charge in [0.2, 0.25) is 5.91 Å². The molecule has 0 aromatic carbocycles. The van der Waals surface area contributed by atoms with Crippen LogP contribution in [0, 0.1) is 0 Å². The first kappa shape index (κ1) is 11.4. The lowest BCUT2D eigenvalue weighted by molar-refractivity contribution is -0.120. The number of nitrogens with one attached hydrogen (secondary N) is 2. The maximum absolute atomic E-state index is 11.7. The van der Waals surface area contributed by atoms with Gasteiger partial charge in [-0.05, 0) is 12.8 Å². The van der Waals surface area contributed by atoms with Crippen molar-refractivity contribution < 1.29 is 9.59 Å². The van der Waals surface area contributed by atoms with Gasteiger partial charge in [-0.15, -0.1) is 0 Å². The number of nitrogens with zero attached hydrogens (tertiary/aromatic N) is 2. The number of carbonyl (C=O) groups excluding carboxylic acids is 2. The van der Waals surface area contributed by atoms with Gasteiger partial charge < -0.3 is 16.4 Å². The summed E-state index contributed by atoms with van der Waals surface area (Å²) in [6.07, 6.45) is 3.42. The highest BCUT2D eigenvalue weighted by atomic mass is 16.2. The van der Waals surface area contributed by atoms with Gasteiger partial charge in [0.1, 0.15) is 11.4 Å². The molecule has 1 saturated carbocycles. The summed E-state index contributed by atoms with van der Waals surface area (Å²) >= 11 is 0. The molecule has 0 unspecified atom stereocenters. The van der Waals surface area contributed by atoms with Gasteiger partial charge in [-0.1, -0.05) is 0 Å². The SMILES string of the molecule is Cn1ncc(C(=O)NCC(=O)NC2CC2)c1N. The fourth-order valence-electron chi connectivity index (χ4n) is 1.38. The van der Waals surface area contributed by atoms with Gasteiger partial charge in [0.15, 0.2) is 0 Å². The van der Waals surface area contributed by atoms with Gasteiger partial charge in [-0.3, -0.25) is 14.3 Å². The van der Waals surface area contributed by atoms with E-state index in [2.05, 4.69) is 15.7 Å². The number of rotatable bonds is 4. The Bertz CT molecular complexity index is 450. The minimum Gasteiger partial charge on any atom is -0.383 e. The highest BCUT2D eigenvalue weighted by Crippen LogP contribution is 2.18. The zero-order chi connectivity index (χ0) is 12.4. The molecule has 0 saturated heterocycles. The Labute approximate surface area is 98.4 Å². The first-order chi connectivity index (χ1) is 8.08. The van der Waals surface area contributed by atoms with Crippen LogP contribution < -0.4 is 16.4 Å². The number of anilines is 1. The van der Waals surface area contributed by atoms with Crippen molar-refractivity contribution in [3.63, 3.8) is 0 Å². The van der Waals surface area contributed by atoms with Crippen molar-refractivity contribution in [1.82, 2.24) is 20.4 Å². The van der Waals surface area contributed by atoms with Crippen LogP contribution in [0.5, 0.6) is 0 Å². The van der Waals surface area contributed by atoms with Crippen LogP contribution in [0.25, 0.3) is 0 Å². The van der Waals surface area contributed by atoms with Crippen LogP contribution in [0.3, 0.4) is 0 Å². The largest absolute Gasteiger partial charge is 0.383 e. The van der Waals surface area contributed by atoms with E-state index in [1.54, 1.807) is 7.05 Å². The van der Waals surface area contributed by atoms with Crippen molar-refractivity contribution in [3.05, 3.63) is 11.8 Å². The second-order valence-electron chi connectivity index (χ2n) is 4.09. The van der Waals surface area contributed by atoms with E-state index in [1.165, 1.54) is 10.9 Å². The number of amides is 2. The van der Waals surface area contributed by atoms with Crippen molar-refractivity contribution in [2.24, 2.45) is 7.05 Å². The molecule has 7 heteroatoms. The van der Waals surface area contributed by atoms with Crippen LogP contribution in [0.1, 0.15) is 23.2 Å². The molecular formula is C10H15N5O2. The van der Waals surface area contributed by atoms with Gasteiger partial charge in [0, 0.05) is 13.1 Å². The molecular weight excluding hydrogens is 222 g/mol. The van der Waals surface area contributed by atoms with Crippen molar-refractivity contribution in [2.75, 3.05) is 12.3 Å². The van der Waals surface area contributed by atoms with Crippen LogP contribution in [0.2, 0.25) is 0 Å². The third kappa shape index (κ3) is 2.74. The van der Waals surface area contributed by atoms with E-state index >= 15 is 0 Å². The number of aromatic nitrogens is 2. The Morgan fingerprint density at radius 1 is 1.59 bits per heavy atom. The van der Waals surface area contributed by atoms with Gasteiger partial charge >= 0.3 is 0 Å². The second kappa shape index (κ2) is 4.44. The minimum absolute atomic E-state index is 0.0380. The van der Waals surface area contributed by atoms with Crippen molar-refractivity contribution in [3.8, 4) is 0 Å². The first-order valence-corrected chi connectivity index (χ1v) is 5.43. The van der Waals surface area contributed by atoms with E-state index < -0.39 is 0 Å². The molecule has 1 aromatic rings. The molecule has 1 fully saturated rings. The van der Waals surface area contributed by atoms with E-state index in [4.69, 9.17) is 5.73 Å². The Balaban J connectivity index is 1.84. The maximum atomic E-state index is 11.7. The molecule has 7 nitrogen and oxygen atoms in total. The number of hydrogen-bond donors (Lipinski definition) is 3. The van der Waals surface area contributed by atoms with Gasteiger partial charge in [0.05, 0.1) is 12.7 Å². The Kier molecular flexibility index (Phi) is 2.99. The minimum atomic E-state index is -0.387. The van der Waals surface area contributed by atoms with Gasteiger partial charge in [-0.25, -0.2) is 0 Å². The standard InChI is InChI=1S/C10H15N5O2/c1-15-9(11)7(4-13-15)10(17)12-5-8(16)14-6-2-3-6/h4,6H,2-3,5,11H2,1H3,(H,12,17)(H,14,16). The van der Waals surface area contributed by atoms with Crippen LogP contribution in [-0.4, -0.2) is 34.2 Å². The average molecular weight is 237 g/mol. The molecule has 17 heavy (non-hydrogen) atoms. The maximum Gasteiger partial charge on any atom is 0.257 e. The first-order valence-electron chi connectivity index (χ1n) is 5.43. The topological polar surface area (TPSA) is 102 Å². The lowest BCUT2D eigenvalue weighted by atomic mass is 10.3. The Hall–Kier alpha value is -2.05. The lowest BCUT2D eigenvalue weighted by Crippen LogP contribution is -2.37. The number of aryl methyl sites for hydroxylation is 1. The predicted octanol–water partition coefficient (Wildman–Crippen LogP) is -0.989. The summed E-state index contributed by atoms with van der Waals surface area (Å²) in [6.45, 7) is -0.0380. The van der Waals surface area contributed by atoms with Crippen LogP contribution >= 0.6 is 0 Å². The summed E-state index contributed by atoms with van der Waals surface area (Å²) in [5.74, 6) is -0.282. The number of hydrogen-bond acceptors (Lipinski definition) is 4. The molecule has 0 atom stereocenters. The number of nitrogens with two attached hydrogens (primary N) is 1. The molecule has 1 aliphatic carbocycles. The molecule has 0 spiro atoms. The Morgan fingerprint density at radius 3 is 2.82 bits per heavy atom. The summed E-state index contributed by atoms with van der Waals surface area (Å²) in [5, 5.41) is 9.13. The van der Waals surface area contributed by atoms with Crippen LogP contribution in [-0.2, 0) is 11.8 Å². The predicted molar refractivity (Wildman–Crippen MR) is 61.1 cm³/mol. The molecule has 92 valence electrons. The lowest BCUT2D eigenvalue weighted by Gasteiger charge is -2.05. The zero-order valence-corrected chi connectivity index (χ0v) is 9.56. The summed E-state index contributed by atoms with van der Waals surface area (Å²) < 4.78 is 1.40. The van der Waals surface area contributed by atoms with E-state index in [9.17, 15) is 9.59 Å². The summed E-state index contributed by atoms with van der Waals surface area (Å²) in [6, 6.07) is 0.294. The van der Waals surface area contributed by atoms with E-state index in [0.717, 1.165) is 12.8 Å². The molecule has 2 amide bonds. The Morgan fingerprint density at radius 2 is 2.29 bits per heavy atom. The average Bonchev–Trinajstić information content (AvgIpc) is 3.03. The van der Waals surface area contributed by atoms with E-state index in [1.807, 2.05) is 0 Å². The summed E-state index contributed by atoms with van der Waals surface area (Å²) in [4.78, 5) is 23.0. The van der Waals surface area contributed by atoms with Crippen LogP contribution in [0.15, 0.2) is 6.20 Å². The summed E-state index contributed by atoms with van der Waals surface area (Å²) in [5.41, 5.74) is 5.92. The molecule has 0 radical (unpaired) electrons. The van der Waals surface area contributed by atoms with Gasteiger partial charge in [-0.2, -0.15) is 5.10 Å². The molecule has 1 aliphatic rings. The molecule has 0 bridgehead atoms. The van der Waals surface area contributed by atoms with E-state index in [-0.39, 0.29) is 29.7 Å².